The number of nitrogens with zero attached hydrogens (tertiary/aromatic N) is 5. The molecule has 0 radical (unpaired) electrons. The summed E-state index contributed by atoms with van der Waals surface area (Å²) in [6.07, 6.45) is 3.12. The zero-order valence-corrected chi connectivity index (χ0v) is 14.3. The molecule has 1 amide bonds. The summed E-state index contributed by atoms with van der Waals surface area (Å²) in [6.45, 7) is 3.80. The molecule has 1 aliphatic heterocycles. The smallest absolute Gasteiger partial charge is 0.239 e. The van der Waals surface area contributed by atoms with E-state index in [1.807, 2.05) is 23.4 Å². The van der Waals surface area contributed by atoms with Crippen molar-refractivity contribution < 1.29 is 9.53 Å². The molecule has 1 atom stereocenters. The van der Waals surface area contributed by atoms with Crippen molar-refractivity contribution in [3.8, 4) is 5.75 Å². The van der Waals surface area contributed by atoms with Gasteiger partial charge >= 0.3 is 0 Å². The van der Waals surface area contributed by atoms with Gasteiger partial charge in [-0.25, -0.2) is 0 Å². The minimum absolute atomic E-state index is 0.0379. The molecule has 0 aromatic carbocycles. The molecular weight excluding hydrogens is 332 g/mol. The minimum Gasteiger partial charge on any atom is -0.490 e. The molecular formula is C15H19ClN6O2. The third-order valence-corrected chi connectivity index (χ3v) is 4.15. The van der Waals surface area contributed by atoms with E-state index in [2.05, 4.69) is 20.5 Å². The van der Waals surface area contributed by atoms with Gasteiger partial charge in [-0.05, 0) is 14.0 Å². The number of rotatable bonds is 5. The van der Waals surface area contributed by atoms with Crippen LogP contribution in [0.3, 0.4) is 0 Å². The minimum atomic E-state index is -0.250. The lowest BCUT2D eigenvalue weighted by molar-refractivity contribution is -0.127. The Hall–Kier alpha value is -2.19. The zero-order chi connectivity index (χ0) is 17.1. The molecule has 9 heteroatoms. The lowest BCUT2D eigenvalue weighted by atomic mass is 10.2. The van der Waals surface area contributed by atoms with E-state index in [0.29, 0.717) is 37.0 Å². The molecule has 24 heavy (non-hydrogen) atoms. The van der Waals surface area contributed by atoms with Gasteiger partial charge in [0.15, 0.2) is 0 Å². The van der Waals surface area contributed by atoms with Crippen molar-refractivity contribution >= 4 is 17.5 Å². The Morgan fingerprint density at radius 2 is 2.29 bits per heavy atom. The quantitative estimate of drug-likeness (QED) is 0.797. The molecule has 3 heterocycles. The van der Waals surface area contributed by atoms with Gasteiger partial charge in [-0.15, -0.1) is 10.2 Å². The van der Waals surface area contributed by atoms with Crippen LogP contribution in [0.1, 0.15) is 11.6 Å². The van der Waals surface area contributed by atoms with Crippen LogP contribution >= 0.6 is 11.6 Å². The Morgan fingerprint density at radius 3 is 3.08 bits per heavy atom. The first-order chi connectivity index (χ1) is 11.5. The Morgan fingerprint density at radius 1 is 1.46 bits per heavy atom. The van der Waals surface area contributed by atoms with Gasteiger partial charge in [-0.1, -0.05) is 11.6 Å². The maximum Gasteiger partial charge on any atom is 0.239 e. The van der Waals surface area contributed by atoms with Crippen molar-refractivity contribution in [2.45, 2.75) is 26.1 Å². The lowest BCUT2D eigenvalue weighted by Gasteiger charge is -2.32. The Balaban J connectivity index is 1.49. The normalized spacial score (nSPS) is 17.4. The van der Waals surface area contributed by atoms with Gasteiger partial charge in [-0.2, -0.15) is 0 Å². The van der Waals surface area contributed by atoms with E-state index in [0.717, 1.165) is 11.6 Å². The Bertz CT molecular complexity index is 735. The van der Waals surface area contributed by atoms with Crippen LogP contribution in [0.25, 0.3) is 0 Å². The molecule has 0 bridgehead atoms. The van der Waals surface area contributed by atoms with Crippen LogP contribution in [0.15, 0.2) is 18.5 Å². The number of hydrogen-bond acceptors (Lipinski definition) is 6. The second kappa shape index (κ2) is 7.14. The number of carbonyl (C=O) groups is 1. The molecule has 0 saturated carbocycles. The number of nitrogens with one attached hydrogen (secondary N) is 1. The highest BCUT2D eigenvalue weighted by atomic mass is 35.5. The molecule has 128 valence electrons. The van der Waals surface area contributed by atoms with Gasteiger partial charge in [0.05, 0.1) is 30.9 Å². The molecule has 0 saturated heterocycles. The van der Waals surface area contributed by atoms with Gasteiger partial charge in [0.2, 0.25) is 5.91 Å². The summed E-state index contributed by atoms with van der Waals surface area (Å²) >= 11 is 5.84. The molecule has 1 aliphatic rings. The van der Waals surface area contributed by atoms with Crippen molar-refractivity contribution in [2.24, 2.45) is 0 Å². The SMILES string of the molecule is Cc1nnc2n1CC(C(=O)NCCOc1cncc(Cl)c1)N(C)C2. The number of aromatic nitrogens is 4. The molecule has 1 N–H and O–H groups in total. The summed E-state index contributed by atoms with van der Waals surface area (Å²) in [7, 11) is 1.91. The largest absolute Gasteiger partial charge is 0.490 e. The van der Waals surface area contributed by atoms with Crippen LogP contribution < -0.4 is 10.1 Å². The van der Waals surface area contributed by atoms with E-state index >= 15 is 0 Å². The number of carbonyl (C=O) groups excluding carboxylic acids is 1. The summed E-state index contributed by atoms with van der Waals surface area (Å²) in [6, 6.07) is 1.43. The van der Waals surface area contributed by atoms with Crippen LogP contribution in [0, 0.1) is 6.92 Å². The lowest BCUT2D eigenvalue weighted by Crippen LogP contribution is -2.51. The number of aryl methyl sites for hydroxylation is 1. The molecule has 8 nitrogen and oxygen atoms in total. The van der Waals surface area contributed by atoms with E-state index in [4.69, 9.17) is 16.3 Å². The standard InChI is InChI=1S/C15H19ClN6O2/c1-10-19-20-14-9-21(2)13(8-22(10)14)15(23)18-3-4-24-12-5-11(16)6-17-7-12/h5-7,13H,3-4,8-9H2,1-2H3,(H,18,23). The third-order valence-electron chi connectivity index (χ3n) is 3.94. The van der Waals surface area contributed by atoms with Gasteiger partial charge in [0.25, 0.3) is 0 Å². The van der Waals surface area contributed by atoms with Crippen LogP contribution in [-0.4, -0.2) is 56.8 Å². The van der Waals surface area contributed by atoms with Crippen molar-refractivity contribution in [1.29, 1.82) is 0 Å². The van der Waals surface area contributed by atoms with Crippen LogP contribution in [-0.2, 0) is 17.9 Å². The van der Waals surface area contributed by atoms with E-state index in [1.165, 1.54) is 6.20 Å². The summed E-state index contributed by atoms with van der Waals surface area (Å²) in [5.41, 5.74) is 0. The van der Waals surface area contributed by atoms with Crippen molar-refractivity contribution in [2.75, 3.05) is 20.2 Å². The summed E-state index contributed by atoms with van der Waals surface area (Å²) < 4.78 is 7.50. The van der Waals surface area contributed by atoms with Crippen LogP contribution in [0.5, 0.6) is 5.75 Å². The molecule has 0 fully saturated rings. The van der Waals surface area contributed by atoms with E-state index in [-0.39, 0.29) is 11.9 Å². The fraction of sp³-hybridized carbons (Fsp3) is 0.467. The average Bonchev–Trinajstić information content (AvgIpc) is 2.91. The number of ether oxygens (including phenoxy) is 1. The van der Waals surface area contributed by atoms with Crippen LogP contribution in [0.2, 0.25) is 5.02 Å². The molecule has 0 aliphatic carbocycles. The fourth-order valence-electron chi connectivity index (χ4n) is 2.64. The molecule has 0 spiro atoms. The number of halogens is 1. The maximum atomic E-state index is 12.4. The highest BCUT2D eigenvalue weighted by Gasteiger charge is 2.30. The summed E-state index contributed by atoms with van der Waals surface area (Å²) in [5.74, 6) is 2.25. The average molecular weight is 351 g/mol. The van der Waals surface area contributed by atoms with E-state index in [9.17, 15) is 4.79 Å². The summed E-state index contributed by atoms with van der Waals surface area (Å²) in [5, 5.41) is 11.6. The molecule has 1 unspecified atom stereocenters. The Labute approximate surface area is 144 Å². The third kappa shape index (κ3) is 3.65. The first-order valence-corrected chi connectivity index (χ1v) is 8.02. The van der Waals surface area contributed by atoms with Gasteiger partial charge in [-0.3, -0.25) is 14.7 Å². The molecule has 2 aromatic rings. The fourth-order valence-corrected chi connectivity index (χ4v) is 2.80. The highest BCUT2D eigenvalue weighted by molar-refractivity contribution is 6.30. The van der Waals surface area contributed by atoms with Crippen molar-refractivity contribution in [1.82, 2.24) is 30.0 Å². The van der Waals surface area contributed by atoms with Crippen molar-refractivity contribution in [3.05, 3.63) is 35.1 Å². The second-order valence-corrected chi connectivity index (χ2v) is 6.12. The predicted octanol–water partition coefficient (Wildman–Crippen LogP) is 0.644. The second-order valence-electron chi connectivity index (χ2n) is 5.68. The van der Waals surface area contributed by atoms with Gasteiger partial charge in [0, 0.05) is 12.3 Å². The highest BCUT2D eigenvalue weighted by Crippen LogP contribution is 2.16. The van der Waals surface area contributed by atoms with E-state index in [1.54, 1.807) is 12.3 Å². The number of pyridine rings is 1. The number of hydrogen-bond donors (Lipinski definition) is 1. The predicted molar refractivity (Wildman–Crippen MR) is 87.8 cm³/mol. The van der Waals surface area contributed by atoms with Gasteiger partial charge < -0.3 is 14.6 Å². The first kappa shape index (κ1) is 16.7. The first-order valence-electron chi connectivity index (χ1n) is 7.64. The maximum absolute atomic E-state index is 12.4. The Kier molecular flexibility index (Phi) is 4.96. The van der Waals surface area contributed by atoms with Crippen molar-refractivity contribution in [3.63, 3.8) is 0 Å². The molecule has 2 aromatic heterocycles. The monoisotopic (exact) mass is 350 g/mol. The number of fused-ring (bicyclic) bond motifs is 1. The topological polar surface area (TPSA) is 85.2 Å². The van der Waals surface area contributed by atoms with E-state index < -0.39 is 0 Å². The number of likely N-dealkylation sites (N-methyl/N-ethyl adjacent to an activating group) is 1. The van der Waals surface area contributed by atoms with Gasteiger partial charge in [0.1, 0.15) is 30.0 Å². The number of amides is 1. The summed E-state index contributed by atoms with van der Waals surface area (Å²) in [4.78, 5) is 18.3. The van der Waals surface area contributed by atoms with Crippen LogP contribution in [0.4, 0.5) is 0 Å². The molecule has 3 rings (SSSR count). The zero-order valence-electron chi connectivity index (χ0n) is 13.6.